The van der Waals surface area contributed by atoms with E-state index in [2.05, 4.69) is 11.3 Å². The predicted molar refractivity (Wildman–Crippen MR) is 45.5 cm³/mol. The molecule has 0 aliphatic rings. The van der Waals surface area contributed by atoms with Crippen molar-refractivity contribution >= 4 is 11.3 Å². The van der Waals surface area contributed by atoms with Gasteiger partial charge in [-0.05, 0) is 19.3 Å². The van der Waals surface area contributed by atoms with Crippen molar-refractivity contribution in [1.82, 2.24) is 4.72 Å². The highest BCUT2D eigenvalue weighted by Crippen LogP contribution is 2.07. The van der Waals surface area contributed by atoms with Gasteiger partial charge in [0, 0.05) is 17.3 Å². The molecular weight excluding hydrogens is 162 g/mol. The molecule has 3 nitrogen and oxygen atoms in total. The third-order valence-corrected chi connectivity index (χ3v) is 2.24. The number of hydrogen-bond acceptors (Lipinski definition) is 2. The van der Waals surface area contributed by atoms with Gasteiger partial charge in [-0.1, -0.05) is 13.0 Å². The minimum absolute atomic E-state index is 0.0219. The lowest BCUT2D eigenvalue weighted by Gasteiger charge is -2.20. The fraction of sp³-hybridized carbons (Fsp3) is 0.714. The summed E-state index contributed by atoms with van der Waals surface area (Å²) in [5.74, 6) is 0.297. The fourth-order valence-corrected chi connectivity index (χ4v) is 1.27. The van der Waals surface area contributed by atoms with Crippen molar-refractivity contribution in [1.29, 1.82) is 0 Å². The fourth-order valence-electron chi connectivity index (χ4n) is 0.735. The molecule has 0 amide bonds. The molecule has 0 spiro atoms. The van der Waals surface area contributed by atoms with E-state index in [1.165, 1.54) is 0 Å². The third-order valence-electron chi connectivity index (χ3n) is 1.67. The van der Waals surface area contributed by atoms with Crippen LogP contribution in [0.5, 0.6) is 0 Å². The van der Waals surface area contributed by atoms with E-state index in [1.807, 2.05) is 13.8 Å². The van der Waals surface area contributed by atoms with E-state index in [0.29, 0.717) is 5.92 Å². The summed E-state index contributed by atoms with van der Waals surface area (Å²) in [6.45, 7) is 7.40. The van der Waals surface area contributed by atoms with Gasteiger partial charge in [-0.25, -0.2) is 4.72 Å². The van der Waals surface area contributed by atoms with Gasteiger partial charge < -0.3 is 4.55 Å². The standard InChI is InChI=1S/C7H15NO2S/c1-4-5-6(2)7(3)8-11(9)10/h4,6-8H,1,5H2,2-3H3,(H,9,10)/p-1/t6-,7+/m0/s1. The lowest BCUT2D eigenvalue weighted by atomic mass is 10.0. The molecule has 11 heavy (non-hydrogen) atoms. The highest BCUT2D eigenvalue weighted by atomic mass is 32.2. The number of rotatable bonds is 5. The van der Waals surface area contributed by atoms with Crippen LogP contribution in [-0.4, -0.2) is 14.8 Å². The molecule has 66 valence electrons. The molecule has 0 fully saturated rings. The summed E-state index contributed by atoms with van der Waals surface area (Å²) in [4.78, 5) is 0. The van der Waals surface area contributed by atoms with Crippen LogP contribution in [0.2, 0.25) is 0 Å². The SMILES string of the molecule is C=CC[C@H](C)[C@@H](C)NS(=O)[O-]. The largest absolute Gasteiger partial charge is 0.760 e. The second-order valence-corrected chi connectivity index (χ2v) is 3.35. The zero-order valence-corrected chi connectivity index (χ0v) is 7.69. The van der Waals surface area contributed by atoms with Crippen molar-refractivity contribution in [3.05, 3.63) is 12.7 Å². The Morgan fingerprint density at radius 3 is 2.64 bits per heavy atom. The van der Waals surface area contributed by atoms with Crippen LogP contribution in [-0.2, 0) is 11.3 Å². The monoisotopic (exact) mass is 176 g/mol. The van der Waals surface area contributed by atoms with Crippen molar-refractivity contribution in [2.24, 2.45) is 5.92 Å². The smallest absolute Gasteiger partial charge is 0.0184 e. The first-order chi connectivity index (χ1) is 5.07. The molecule has 1 N–H and O–H groups in total. The lowest BCUT2D eigenvalue weighted by Crippen LogP contribution is -2.33. The van der Waals surface area contributed by atoms with Crippen LogP contribution in [0, 0.1) is 5.92 Å². The Labute approximate surface area is 70.3 Å². The first kappa shape index (κ1) is 10.8. The number of allylic oxidation sites excluding steroid dienone is 1. The molecule has 0 bridgehead atoms. The number of nitrogens with one attached hydrogen (secondary N) is 1. The molecule has 1 unspecified atom stereocenters. The molecule has 0 aliphatic heterocycles. The third kappa shape index (κ3) is 5.12. The van der Waals surface area contributed by atoms with Crippen molar-refractivity contribution in [3.63, 3.8) is 0 Å². The van der Waals surface area contributed by atoms with Crippen LogP contribution >= 0.6 is 0 Å². The molecule has 0 saturated heterocycles. The highest BCUT2D eigenvalue weighted by molar-refractivity contribution is 7.77. The maximum atomic E-state index is 10.2. The summed E-state index contributed by atoms with van der Waals surface area (Å²) in [6, 6.07) is -0.0219. The molecule has 0 heterocycles. The molecule has 4 heteroatoms. The van der Waals surface area contributed by atoms with Gasteiger partial charge in [0.2, 0.25) is 0 Å². The lowest BCUT2D eigenvalue weighted by molar-refractivity contribution is 0.436. The summed E-state index contributed by atoms with van der Waals surface area (Å²) < 4.78 is 22.8. The topological polar surface area (TPSA) is 52.2 Å². The molecule has 0 saturated carbocycles. The Balaban J connectivity index is 3.71. The van der Waals surface area contributed by atoms with Crippen LogP contribution in [0.1, 0.15) is 20.3 Å². The minimum atomic E-state index is -2.15. The number of hydrogen-bond donors (Lipinski definition) is 1. The van der Waals surface area contributed by atoms with E-state index in [0.717, 1.165) is 6.42 Å². The Hall–Kier alpha value is -0.190. The zero-order chi connectivity index (χ0) is 8.85. The van der Waals surface area contributed by atoms with Crippen LogP contribution in [0.15, 0.2) is 12.7 Å². The minimum Gasteiger partial charge on any atom is -0.760 e. The maximum Gasteiger partial charge on any atom is 0.0184 e. The summed E-state index contributed by atoms with van der Waals surface area (Å²) in [5, 5.41) is 0. The average Bonchev–Trinajstić information content (AvgIpc) is 1.86. The summed E-state index contributed by atoms with van der Waals surface area (Å²) in [6.07, 6.45) is 2.61. The van der Waals surface area contributed by atoms with Crippen LogP contribution < -0.4 is 4.72 Å². The van der Waals surface area contributed by atoms with Crippen molar-refractivity contribution in [3.8, 4) is 0 Å². The molecule has 0 rings (SSSR count). The van der Waals surface area contributed by atoms with E-state index < -0.39 is 11.3 Å². The van der Waals surface area contributed by atoms with Crippen molar-refractivity contribution in [2.45, 2.75) is 26.3 Å². The van der Waals surface area contributed by atoms with Gasteiger partial charge in [0.15, 0.2) is 0 Å². The maximum absolute atomic E-state index is 10.2. The van der Waals surface area contributed by atoms with E-state index in [9.17, 15) is 8.76 Å². The molecule has 0 radical (unpaired) electrons. The Morgan fingerprint density at radius 1 is 1.73 bits per heavy atom. The molecule has 0 aromatic carbocycles. The zero-order valence-electron chi connectivity index (χ0n) is 6.87. The van der Waals surface area contributed by atoms with Gasteiger partial charge in [0.25, 0.3) is 0 Å². The van der Waals surface area contributed by atoms with Gasteiger partial charge in [-0.2, -0.15) is 0 Å². The van der Waals surface area contributed by atoms with E-state index in [4.69, 9.17) is 0 Å². The van der Waals surface area contributed by atoms with Gasteiger partial charge in [-0.3, -0.25) is 4.21 Å². The molecular formula is C7H14NO2S-. The molecule has 0 aliphatic carbocycles. The highest BCUT2D eigenvalue weighted by Gasteiger charge is 2.08. The van der Waals surface area contributed by atoms with Gasteiger partial charge in [0.1, 0.15) is 0 Å². The Kier molecular flexibility index (Phi) is 5.36. The first-order valence-corrected chi connectivity index (χ1v) is 4.61. The van der Waals surface area contributed by atoms with Crippen molar-refractivity contribution < 1.29 is 8.76 Å². The van der Waals surface area contributed by atoms with E-state index >= 15 is 0 Å². The Morgan fingerprint density at radius 2 is 2.27 bits per heavy atom. The first-order valence-electron chi connectivity index (χ1n) is 3.54. The average molecular weight is 176 g/mol. The normalized spacial score (nSPS) is 18.8. The molecule has 0 aromatic heterocycles. The van der Waals surface area contributed by atoms with Gasteiger partial charge in [0.05, 0.1) is 0 Å². The summed E-state index contributed by atoms with van der Waals surface area (Å²) in [5.41, 5.74) is 0. The van der Waals surface area contributed by atoms with Gasteiger partial charge >= 0.3 is 0 Å². The summed E-state index contributed by atoms with van der Waals surface area (Å²) in [7, 11) is 0. The van der Waals surface area contributed by atoms with Gasteiger partial charge in [-0.15, -0.1) is 6.58 Å². The Bertz CT molecular complexity index is 149. The van der Waals surface area contributed by atoms with E-state index in [1.54, 1.807) is 6.08 Å². The predicted octanol–water partition coefficient (Wildman–Crippen LogP) is 0.971. The van der Waals surface area contributed by atoms with Crippen LogP contribution in [0.25, 0.3) is 0 Å². The quantitative estimate of drug-likeness (QED) is 0.501. The van der Waals surface area contributed by atoms with E-state index in [-0.39, 0.29) is 6.04 Å². The van der Waals surface area contributed by atoms with Crippen LogP contribution in [0.3, 0.4) is 0 Å². The molecule has 0 aromatic rings. The van der Waals surface area contributed by atoms with Crippen molar-refractivity contribution in [2.75, 3.05) is 0 Å². The molecule has 3 atom stereocenters. The second kappa shape index (κ2) is 5.46. The van der Waals surface area contributed by atoms with Crippen LogP contribution in [0.4, 0.5) is 0 Å². The summed E-state index contributed by atoms with van der Waals surface area (Å²) >= 11 is -2.15. The second-order valence-electron chi connectivity index (χ2n) is 2.64.